The fourth-order valence-corrected chi connectivity index (χ4v) is 4.75. The maximum atomic E-state index is 10.9. The number of H-pyrrole nitrogens is 1. The average Bonchev–Trinajstić information content (AvgIpc) is 3.55. The summed E-state index contributed by atoms with van der Waals surface area (Å²) >= 11 is 1.24. The van der Waals surface area contributed by atoms with Crippen LogP contribution in [0.4, 0.5) is 5.69 Å². The number of nitrogen functional groups attached to an aromatic ring is 1. The minimum atomic E-state index is -0.882. The summed E-state index contributed by atoms with van der Waals surface area (Å²) in [6.07, 6.45) is -0.882. The molecule has 0 aliphatic heterocycles. The summed E-state index contributed by atoms with van der Waals surface area (Å²) in [7, 11) is 0. The highest BCUT2D eigenvalue weighted by Gasteiger charge is 2.15. The van der Waals surface area contributed by atoms with Crippen molar-refractivity contribution < 1.29 is 20.4 Å². The SMILES string of the molecule is N#C/C(=C(/N)Sc1ccccc1N)c1cccc(C(O)c2ccc(-c3nn[nH]n3)cc2)c1.OCCN(CCO)CCO. The number of allylic oxidation sites excluding steroid dienone is 1. The molecule has 0 bridgehead atoms. The Balaban J connectivity index is 0.000000416. The second kappa shape index (κ2) is 16.8. The number of aliphatic hydroxyl groups excluding tert-OH is 4. The normalized spacial score (nSPS) is 12.2. The Bertz CT molecular complexity index is 1440. The number of aliphatic hydroxyl groups is 4. The third-order valence-corrected chi connectivity index (χ3v) is 7.08. The van der Waals surface area contributed by atoms with Crippen molar-refractivity contribution in [2.45, 2.75) is 11.0 Å². The summed E-state index contributed by atoms with van der Waals surface area (Å²) in [6, 6.07) is 23.9. The molecule has 1 aromatic heterocycles. The Morgan fingerprint density at radius 2 is 1.60 bits per heavy atom. The predicted octanol–water partition coefficient (Wildman–Crippen LogP) is 1.74. The first-order valence-electron chi connectivity index (χ1n) is 13.0. The fourth-order valence-electron chi connectivity index (χ4n) is 3.92. The summed E-state index contributed by atoms with van der Waals surface area (Å²) < 4.78 is 0. The fraction of sp³-hybridized carbons (Fsp3) is 0.241. The minimum Gasteiger partial charge on any atom is -0.398 e. The van der Waals surface area contributed by atoms with Crippen LogP contribution in [0.5, 0.6) is 0 Å². The average molecular weight is 591 g/mol. The van der Waals surface area contributed by atoms with Crippen LogP contribution < -0.4 is 11.5 Å². The van der Waals surface area contributed by atoms with E-state index in [-0.39, 0.29) is 19.8 Å². The molecule has 0 radical (unpaired) electrons. The van der Waals surface area contributed by atoms with E-state index < -0.39 is 6.10 Å². The van der Waals surface area contributed by atoms with Gasteiger partial charge in [0.25, 0.3) is 0 Å². The Kier molecular flexibility index (Phi) is 12.9. The zero-order chi connectivity index (χ0) is 30.3. The number of rotatable bonds is 12. The van der Waals surface area contributed by atoms with Crippen LogP contribution in [-0.2, 0) is 0 Å². The van der Waals surface area contributed by atoms with E-state index in [1.54, 1.807) is 47.4 Å². The van der Waals surface area contributed by atoms with E-state index in [0.29, 0.717) is 58.4 Å². The molecule has 42 heavy (non-hydrogen) atoms. The van der Waals surface area contributed by atoms with Gasteiger partial charge in [-0.05, 0) is 40.1 Å². The van der Waals surface area contributed by atoms with Gasteiger partial charge < -0.3 is 31.9 Å². The first-order valence-corrected chi connectivity index (χ1v) is 13.8. The highest BCUT2D eigenvalue weighted by Crippen LogP contribution is 2.33. The van der Waals surface area contributed by atoms with Gasteiger partial charge in [0.05, 0.1) is 30.4 Å². The van der Waals surface area contributed by atoms with Crippen molar-refractivity contribution >= 4 is 23.0 Å². The van der Waals surface area contributed by atoms with Crippen molar-refractivity contribution in [1.82, 2.24) is 25.5 Å². The summed E-state index contributed by atoms with van der Waals surface area (Å²) in [4.78, 5) is 2.57. The summed E-state index contributed by atoms with van der Waals surface area (Å²) in [5, 5.41) is 60.3. The molecule has 1 atom stereocenters. The number of para-hydroxylation sites is 1. The molecular formula is C29H34N8O4S. The zero-order valence-corrected chi connectivity index (χ0v) is 23.7. The van der Waals surface area contributed by atoms with Crippen LogP contribution in [0.3, 0.4) is 0 Å². The Morgan fingerprint density at radius 1 is 0.929 bits per heavy atom. The number of thioether (sulfide) groups is 1. The van der Waals surface area contributed by atoms with Gasteiger partial charge in [-0.3, -0.25) is 4.90 Å². The lowest BCUT2D eigenvalue weighted by Crippen LogP contribution is -2.32. The van der Waals surface area contributed by atoms with Gasteiger partial charge in [-0.25, -0.2) is 0 Å². The number of hydrogen-bond donors (Lipinski definition) is 7. The number of aromatic amines is 1. The summed E-state index contributed by atoms with van der Waals surface area (Å²) in [5.74, 6) is 0.476. The van der Waals surface area contributed by atoms with E-state index in [0.717, 1.165) is 10.5 Å². The Labute approximate surface area is 247 Å². The summed E-state index contributed by atoms with van der Waals surface area (Å²) in [6.45, 7) is 1.75. The molecule has 0 fully saturated rings. The van der Waals surface area contributed by atoms with E-state index in [9.17, 15) is 10.4 Å². The first-order chi connectivity index (χ1) is 20.4. The number of anilines is 1. The predicted molar refractivity (Wildman–Crippen MR) is 161 cm³/mol. The topological polar surface area (TPSA) is 214 Å². The lowest BCUT2D eigenvalue weighted by Gasteiger charge is -2.17. The molecule has 0 saturated heterocycles. The van der Waals surface area contributed by atoms with Crippen LogP contribution in [0.2, 0.25) is 0 Å². The highest BCUT2D eigenvalue weighted by atomic mass is 32.2. The van der Waals surface area contributed by atoms with Gasteiger partial charge >= 0.3 is 0 Å². The molecule has 4 aromatic rings. The number of nitriles is 1. The van der Waals surface area contributed by atoms with E-state index in [4.69, 9.17) is 26.8 Å². The molecule has 9 N–H and O–H groups in total. The molecule has 1 heterocycles. The van der Waals surface area contributed by atoms with Crippen LogP contribution in [-0.4, -0.2) is 85.4 Å². The number of nitrogens with one attached hydrogen (secondary N) is 1. The summed E-state index contributed by atoms with van der Waals surface area (Å²) in [5.41, 5.74) is 15.9. The molecule has 0 amide bonds. The Hall–Kier alpha value is -4.29. The molecule has 12 nitrogen and oxygen atoms in total. The van der Waals surface area contributed by atoms with Crippen molar-refractivity contribution in [3.8, 4) is 17.5 Å². The van der Waals surface area contributed by atoms with Gasteiger partial charge in [-0.2, -0.15) is 10.5 Å². The highest BCUT2D eigenvalue weighted by molar-refractivity contribution is 8.03. The van der Waals surface area contributed by atoms with Gasteiger partial charge in [0.2, 0.25) is 5.82 Å². The molecule has 0 aliphatic carbocycles. The van der Waals surface area contributed by atoms with Crippen molar-refractivity contribution in [1.29, 1.82) is 5.26 Å². The van der Waals surface area contributed by atoms with Gasteiger partial charge in [0.15, 0.2) is 0 Å². The number of benzene rings is 3. The lowest BCUT2D eigenvalue weighted by atomic mass is 9.97. The maximum absolute atomic E-state index is 10.9. The van der Waals surface area contributed by atoms with Crippen LogP contribution >= 0.6 is 11.8 Å². The van der Waals surface area contributed by atoms with Crippen molar-refractivity contribution in [2.24, 2.45) is 5.73 Å². The second-order valence-corrected chi connectivity index (χ2v) is 9.97. The van der Waals surface area contributed by atoms with Crippen LogP contribution in [0.25, 0.3) is 17.0 Å². The largest absolute Gasteiger partial charge is 0.398 e. The maximum Gasteiger partial charge on any atom is 0.204 e. The molecule has 0 aliphatic rings. The van der Waals surface area contributed by atoms with Crippen LogP contribution in [0, 0.1) is 11.3 Å². The third kappa shape index (κ3) is 9.11. The van der Waals surface area contributed by atoms with Crippen molar-refractivity contribution in [3.63, 3.8) is 0 Å². The third-order valence-electron chi connectivity index (χ3n) is 6.07. The second-order valence-electron chi connectivity index (χ2n) is 8.89. The molecular weight excluding hydrogens is 556 g/mol. The van der Waals surface area contributed by atoms with Crippen molar-refractivity contribution in [2.75, 3.05) is 45.2 Å². The quantitative estimate of drug-likeness (QED) is 0.0714. The monoisotopic (exact) mass is 590 g/mol. The molecule has 0 spiro atoms. The molecule has 0 saturated carbocycles. The number of nitrogens with zero attached hydrogens (tertiary/aromatic N) is 5. The van der Waals surface area contributed by atoms with Crippen molar-refractivity contribution in [3.05, 3.63) is 94.5 Å². The Morgan fingerprint density at radius 3 is 2.17 bits per heavy atom. The molecule has 1 unspecified atom stereocenters. The number of aromatic nitrogens is 4. The van der Waals surface area contributed by atoms with E-state index >= 15 is 0 Å². The smallest absolute Gasteiger partial charge is 0.204 e. The number of tetrazole rings is 1. The number of nitrogens with two attached hydrogens (primary N) is 2. The van der Waals surface area contributed by atoms with E-state index in [2.05, 4.69) is 26.7 Å². The van der Waals surface area contributed by atoms with Gasteiger partial charge in [0, 0.05) is 35.8 Å². The van der Waals surface area contributed by atoms with Crippen LogP contribution in [0.15, 0.2) is 82.7 Å². The first kappa shape index (κ1) is 32.2. The lowest BCUT2D eigenvalue weighted by molar-refractivity contribution is 0.136. The van der Waals surface area contributed by atoms with Gasteiger partial charge in [0.1, 0.15) is 12.2 Å². The minimum absolute atomic E-state index is 0.0694. The molecule has 3 aromatic carbocycles. The molecule has 4 rings (SSSR count). The van der Waals surface area contributed by atoms with Gasteiger partial charge in [-0.15, -0.1) is 10.2 Å². The molecule has 13 heteroatoms. The standard InChI is InChI=1S/C23H19N7OS.C6H15NO3/c24-13-18(22(26)32-20-7-2-1-6-19(20)25)16-4-3-5-17(12-16)21(31)14-8-10-15(11-9-14)23-27-29-30-28-23;8-4-1-7(2-5-9)3-6-10/h1-12,21,31H,25-26H2,(H,27,28,29,30);8-10H,1-6H2/b22-18+;. The van der Waals surface area contributed by atoms with E-state index in [1.165, 1.54) is 11.8 Å². The zero-order valence-electron chi connectivity index (χ0n) is 22.8. The molecule has 220 valence electrons. The number of hydrogen-bond acceptors (Lipinski definition) is 12. The van der Waals surface area contributed by atoms with E-state index in [1.807, 2.05) is 30.3 Å². The van der Waals surface area contributed by atoms with Crippen LogP contribution in [0.1, 0.15) is 22.8 Å². The van der Waals surface area contributed by atoms with Gasteiger partial charge in [-0.1, -0.05) is 66.4 Å².